The van der Waals surface area contributed by atoms with Crippen molar-refractivity contribution in [3.05, 3.63) is 88.4 Å². The lowest BCUT2D eigenvalue weighted by molar-refractivity contribution is -0.137. The van der Waals surface area contributed by atoms with Gasteiger partial charge in [0.15, 0.2) is 0 Å². The number of amides is 1. The lowest BCUT2D eigenvalue weighted by Crippen LogP contribution is -2.23. The van der Waals surface area contributed by atoms with E-state index in [9.17, 15) is 18.0 Å². The van der Waals surface area contributed by atoms with Crippen LogP contribution in [0.2, 0.25) is 0 Å². The van der Waals surface area contributed by atoms with Gasteiger partial charge in [-0.15, -0.1) is 0 Å². The van der Waals surface area contributed by atoms with Crippen molar-refractivity contribution < 1.29 is 18.0 Å². The van der Waals surface area contributed by atoms with E-state index in [4.69, 9.17) is 0 Å². The number of hydrogen-bond donors (Lipinski definition) is 2. The third-order valence-electron chi connectivity index (χ3n) is 5.66. The van der Waals surface area contributed by atoms with Gasteiger partial charge in [0.25, 0.3) is 0 Å². The van der Waals surface area contributed by atoms with Crippen LogP contribution >= 0.6 is 0 Å². The van der Waals surface area contributed by atoms with Gasteiger partial charge in [0.1, 0.15) is 0 Å². The van der Waals surface area contributed by atoms with Crippen molar-refractivity contribution in [1.29, 1.82) is 0 Å². The molecule has 4 nitrogen and oxygen atoms in total. The zero-order valence-corrected chi connectivity index (χ0v) is 21.9. The maximum Gasteiger partial charge on any atom is 0.417 e. The lowest BCUT2D eigenvalue weighted by Gasteiger charge is -2.19. The number of allylic oxidation sites excluding steroid dienone is 4. The SMILES string of the molecule is C/C=C(/NC(=O)/C=C(\C)c1ccc(C)cn1)c1cc(CN/C(=C/CCC)C(C)C)ccc1C(F)(F)F. The van der Waals surface area contributed by atoms with Gasteiger partial charge in [0, 0.05) is 35.8 Å². The highest BCUT2D eigenvalue weighted by Crippen LogP contribution is 2.35. The number of nitrogens with one attached hydrogen (secondary N) is 2. The summed E-state index contributed by atoms with van der Waals surface area (Å²) in [5.74, 6) is -0.252. The van der Waals surface area contributed by atoms with Crippen LogP contribution in [0.15, 0.2) is 60.5 Å². The number of aromatic nitrogens is 1. The van der Waals surface area contributed by atoms with E-state index < -0.39 is 17.6 Å². The maximum absolute atomic E-state index is 13.9. The molecule has 0 radical (unpaired) electrons. The molecule has 194 valence electrons. The highest BCUT2D eigenvalue weighted by atomic mass is 19.4. The summed E-state index contributed by atoms with van der Waals surface area (Å²) in [7, 11) is 0. The number of pyridine rings is 1. The quantitative estimate of drug-likeness (QED) is 0.335. The number of rotatable bonds is 10. The summed E-state index contributed by atoms with van der Waals surface area (Å²) in [5, 5.41) is 5.99. The second kappa shape index (κ2) is 13.1. The molecule has 0 aliphatic heterocycles. The van der Waals surface area contributed by atoms with Gasteiger partial charge in [0.05, 0.1) is 11.3 Å². The van der Waals surface area contributed by atoms with Crippen molar-refractivity contribution in [3.63, 3.8) is 0 Å². The topological polar surface area (TPSA) is 54.0 Å². The van der Waals surface area contributed by atoms with Crippen LogP contribution in [0.25, 0.3) is 11.3 Å². The Morgan fingerprint density at radius 3 is 2.44 bits per heavy atom. The first-order valence-corrected chi connectivity index (χ1v) is 12.2. The van der Waals surface area contributed by atoms with E-state index in [0.29, 0.717) is 23.4 Å². The first-order chi connectivity index (χ1) is 17.0. The Morgan fingerprint density at radius 2 is 1.89 bits per heavy atom. The molecule has 0 spiro atoms. The first kappa shape index (κ1) is 28.9. The Bertz CT molecular complexity index is 1130. The van der Waals surface area contributed by atoms with Gasteiger partial charge in [-0.05, 0) is 68.0 Å². The molecule has 2 N–H and O–H groups in total. The van der Waals surface area contributed by atoms with Crippen molar-refractivity contribution in [2.75, 3.05) is 0 Å². The summed E-state index contributed by atoms with van der Waals surface area (Å²) in [4.78, 5) is 17.0. The maximum atomic E-state index is 13.9. The molecule has 0 aliphatic rings. The van der Waals surface area contributed by atoms with Gasteiger partial charge in [0.2, 0.25) is 5.91 Å². The third kappa shape index (κ3) is 8.40. The molecule has 0 bridgehead atoms. The molecule has 2 aromatic rings. The Hall–Kier alpha value is -3.35. The minimum absolute atomic E-state index is 0.0687. The van der Waals surface area contributed by atoms with E-state index in [1.165, 1.54) is 24.3 Å². The zero-order valence-electron chi connectivity index (χ0n) is 21.9. The fourth-order valence-electron chi connectivity index (χ4n) is 3.62. The largest absolute Gasteiger partial charge is 0.417 e. The van der Waals surface area contributed by atoms with E-state index in [2.05, 4.69) is 42.5 Å². The van der Waals surface area contributed by atoms with E-state index >= 15 is 0 Å². The molecule has 1 heterocycles. The molecule has 1 aromatic heterocycles. The number of aryl methyl sites for hydroxylation is 1. The van der Waals surface area contributed by atoms with Crippen molar-refractivity contribution in [3.8, 4) is 0 Å². The van der Waals surface area contributed by atoms with Crippen LogP contribution in [0, 0.1) is 12.8 Å². The third-order valence-corrected chi connectivity index (χ3v) is 5.66. The highest BCUT2D eigenvalue weighted by molar-refractivity contribution is 5.99. The number of carbonyl (C=O) groups is 1. The molecule has 1 aromatic carbocycles. The monoisotopic (exact) mass is 499 g/mol. The molecule has 7 heteroatoms. The van der Waals surface area contributed by atoms with Gasteiger partial charge < -0.3 is 10.6 Å². The van der Waals surface area contributed by atoms with Crippen LogP contribution in [0.3, 0.4) is 0 Å². The molecular formula is C29H36F3N3O. The molecule has 1 amide bonds. The van der Waals surface area contributed by atoms with Crippen molar-refractivity contribution >= 4 is 17.2 Å². The minimum atomic E-state index is -4.57. The van der Waals surface area contributed by atoms with E-state index in [1.807, 2.05) is 13.0 Å². The van der Waals surface area contributed by atoms with E-state index in [0.717, 1.165) is 30.2 Å². The van der Waals surface area contributed by atoms with Gasteiger partial charge >= 0.3 is 6.18 Å². The first-order valence-electron chi connectivity index (χ1n) is 12.2. The molecule has 36 heavy (non-hydrogen) atoms. The zero-order chi connectivity index (χ0) is 26.9. The fraction of sp³-hybridized carbons (Fsp3) is 0.379. The second-order valence-electron chi connectivity index (χ2n) is 9.07. The van der Waals surface area contributed by atoms with E-state index in [-0.39, 0.29) is 17.2 Å². The highest BCUT2D eigenvalue weighted by Gasteiger charge is 2.34. The average molecular weight is 500 g/mol. The molecular weight excluding hydrogens is 463 g/mol. The summed E-state index contributed by atoms with van der Waals surface area (Å²) >= 11 is 0. The van der Waals surface area contributed by atoms with Crippen molar-refractivity contribution in [2.24, 2.45) is 5.92 Å². The summed E-state index contributed by atoms with van der Waals surface area (Å²) in [6.07, 6.45) is 4.02. The molecule has 0 fully saturated rings. The molecule has 0 unspecified atom stereocenters. The number of alkyl halides is 3. The molecule has 2 rings (SSSR count). The fourth-order valence-corrected chi connectivity index (χ4v) is 3.62. The number of carbonyl (C=O) groups excluding carboxylic acids is 1. The smallest absolute Gasteiger partial charge is 0.384 e. The van der Waals surface area contributed by atoms with Gasteiger partial charge in [-0.1, -0.05) is 51.5 Å². The Balaban J connectivity index is 2.33. The molecule has 0 aliphatic carbocycles. The van der Waals surface area contributed by atoms with Gasteiger partial charge in [-0.3, -0.25) is 9.78 Å². The number of unbranched alkanes of at least 4 members (excludes halogenated alkanes) is 1. The van der Waals surface area contributed by atoms with Crippen molar-refractivity contribution in [2.45, 2.75) is 67.1 Å². The Morgan fingerprint density at radius 1 is 1.17 bits per heavy atom. The van der Waals surface area contributed by atoms with Crippen LogP contribution in [0.5, 0.6) is 0 Å². The summed E-state index contributed by atoms with van der Waals surface area (Å²) in [6.45, 7) is 11.9. The van der Waals surface area contributed by atoms with Crippen molar-refractivity contribution in [1.82, 2.24) is 15.6 Å². The second-order valence-corrected chi connectivity index (χ2v) is 9.07. The number of hydrogen-bond acceptors (Lipinski definition) is 3. The van der Waals surface area contributed by atoms with Crippen LogP contribution < -0.4 is 10.6 Å². The average Bonchev–Trinajstić information content (AvgIpc) is 2.81. The predicted octanol–water partition coefficient (Wildman–Crippen LogP) is 7.42. The van der Waals surface area contributed by atoms with Crippen LogP contribution in [0.1, 0.15) is 75.4 Å². The summed E-state index contributed by atoms with van der Waals surface area (Å²) in [5.41, 5.74) is 3.19. The number of benzene rings is 1. The normalized spacial score (nSPS) is 13.2. The standard InChI is InChI=1S/C29H36F3N3O/c1-7-9-10-26(19(3)4)34-18-22-12-13-24(29(30,31)32)23(16-22)25(8-2)35-28(36)15-21(6)27-14-11-20(5)17-33-27/h8,10-17,19,34H,7,9,18H2,1-6H3,(H,35,36)/b21-15+,25-8+,26-10+. The van der Waals surface area contributed by atoms with Gasteiger partial charge in [-0.2, -0.15) is 13.2 Å². The van der Waals surface area contributed by atoms with E-state index in [1.54, 1.807) is 26.1 Å². The molecule has 0 atom stereocenters. The van der Waals surface area contributed by atoms with Crippen LogP contribution in [-0.4, -0.2) is 10.9 Å². The Kier molecular flexibility index (Phi) is 10.5. The van der Waals surface area contributed by atoms with Crippen LogP contribution in [-0.2, 0) is 17.5 Å². The lowest BCUT2D eigenvalue weighted by atomic mass is 9.99. The minimum Gasteiger partial charge on any atom is -0.384 e. The van der Waals surface area contributed by atoms with Crippen LogP contribution in [0.4, 0.5) is 13.2 Å². The number of halogens is 3. The molecule has 0 saturated heterocycles. The summed E-state index contributed by atoms with van der Waals surface area (Å²) < 4.78 is 41.6. The predicted molar refractivity (Wildman–Crippen MR) is 141 cm³/mol. The summed E-state index contributed by atoms with van der Waals surface area (Å²) in [6, 6.07) is 7.71. The molecule has 0 saturated carbocycles. The number of nitrogens with zero attached hydrogens (tertiary/aromatic N) is 1. The Labute approximate surface area is 212 Å². The van der Waals surface area contributed by atoms with Gasteiger partial charge in [-0.25, -0.2) is 0 Å².